The summed E-state index contributed by atoms with van der Waals surface area (Å²) in [6.07, 6.45) is 0.416. The van der Waals surface area contributed by atoms with Crippen molar-refractivity contribution in [1.29, 1.82) is 0 Å². The Morgan fingerprint density at radius 1 is 1.38 bits per heavy atom. The predicted octanol–water partition coefficient (Wildman–Crippen LogP) is 2.59. The van der Waals surface area contributed by atoms with E-state index in [2.05, 4.69) is 20.9 Å². The molecule has 2 N–H and O–H groups in total. The maximum atomic E-state index is 12.8. The number of thioether (sulfide) groups is 1. The monoisotopic (exact) mass is 433 g/mol. The van der Waals surface area contributed by atoms with Gasteiger partial charge in [-0.15, -0.1) is 0 Å². The third-order valence-corrected chi connectivity index (χ3v) is 5.65. The van der Waals surface area contributed by atoms with E-state index in [4.69, 9.17) is 5.14 Å². The molecule has 0 aliphatic rings. The smallest absolute Gasteiger partial charge is 0.262 e. The summed E-state index contributed by atoms with van der Waals surface area (Å²) in [5.74, 6) is 0.746. The zero-order valence-electron chi connectivity index (χ0n) is 13.5. The summed E-state index contributed by atoms with van der Waals surface area (Å²) >= 11 is 4.76. The first-order valence-electron chi connectivity index (χ1n) is 7.51. The van der Waals surface area contributed by atoms with Crippen LogP contribution >= 0.6 is 27.7 Å². The van der Waals surface area contributed by atoms with Crippen molar-refractivity contribution < 1.29 is 8.42 Å². The average molecular weight is 434 g/mol. The van der Waals surface area contributed by atoms with Gasteiger partial charge in [0.05, 0.1) is 16.7 Å². The molecule has 2 aromatic rings. The molecule has 6 nitrogen and oxygen atoms in total. The molecule has 1 heterocycles. The summed E-state index contributed by atoms with van der Waals surface area (Å²) in [5.41, 5.74) is 0.557. The highest BCUT2D eigenvalue weighted by molar-refractivity contribution is 9.10. The number of rotatable bonds is 7. The fourth-order valence-corrected chi connectivity index (χ4v) is 4.27. The minimum absolute atomic E-state index is 0.0745. The lowest BCUT2D eigenvalue weighted by atomic mass is 10.2. The molecular formula is C15H20BrN3O3S2. The van der Waals surface area contributed by atoms with Crippen molar-refractivity contribution in [2.75, 3.05) is 11.5 Å². The lowest BCUT2D eigenvalue weighted by Gasteiger charge is -2.15. The summed E-state index contributed by atoms with van der Waals surface area (Å²) in [6.45, 7) is 4.63. The molecule has 24 heavy (non-hydrogen) atoms. The number of fused-ring (bicyclic) bond motifs is 1. The first kappa shape index (κ1) is 19.4. The number of hydrogen-bond donors (Lipinski definition) is 1. The van der Waals surface area contributed by atoms with E-state index in [0.717, 1.165) is 4.47 Å². The molecule has 0 saturated carbocycles. The van der Waals surface area contributed by atoms with Gasteiger partial charge in [-0.25, -0.2) is 18.5 Å². The van der Waals surface area contributed by atoms with Gasteiger partial charge in [-0.05, 0) is 30.5 Å². The van der Waals surface area contributed by atoms with E-state index in [1.165, 1.54) is 11.8 Å². The van der Waals surface area contributed by atoms with Crippen LogP contribution < -0.4 is 10.7 Å². The second kappa shape index (κ2) is 7.99. The third-order valence-electron chi connectivity index (χ3n) is 3.23. The van der Waals surface area contributed by atoms with Crippen LogP contribution in [0.2, 0.25) is 0 Å². The van der Waals surface area contributed by atoms with Crippen molar-refractivity contribution in [3.05, 3.63) is 33.0 Å². The SMILES string of the molecule is CC(C)Cn1c(SCCCS(N)(=O)=O)nc2ccc(Br)cc2c1=O. The molecule has 2 rings (SSSR count). The Labute approximate surface area is 154 Å². The molecule has 0 atom stereocenters. The summed E-state index contributed by atoms with van der Waals surface area (Å²) in [4.78, 5) is 17.4. The fraction of sp³-hybridized carbons (Fsp3) is 0.467. The average Bonchev–Trinajstić information content (AvgIpc) is 2.46. The van der Waals surface area contributed by atoms with Gasteiger partial charge in [0.15, 0.2) is 5.16 Å². The highest BCUT2D eigenvalue weighted by Gasteiger charge is 2.13. The lowest BCUT2D eigenvalue weighted by molar-refractivity contribution is 0.475. The van der Waals surface area contributed by atoms with E-state index in [9.17, 15) is 13.2 Å². The molecule has 0 aliphatic carbocycles. The maximum Gasteiger partial charge on any atom is 0.262 e. The molecule has 0 fully saturated rings. The Morgan fingerprint density at radius 2 is 2.08 bits per heavy atom. The van der Waals surface area contributed by atoms with Crippen molar-refractivity contribution in [3.8, 4) is 0 Å². The third kappa shape index (κ3) is 5.30. The first-order chi connectivity index (χ1) is 11.2. The largest absolute Gasteiger partial charge is 0.287 e. The second-order valence-electron chi connectivity index (χ2n) is 5.93. The van der Waals surface area contributed by atoms with Crippen molar-refractivity contribution in [1.82, 2.24) is 9.55 Å². The molecule has 0 aliphatic heterocycles. The fourth-order valence-electron chi connectivity index (χ4n) is 2.23. The summed E-state index contributed by atoms with van der Waals surface area (Å²) in [5, 5.41) is 6.19. The topological polar surface area (TPSA) is 95.1 Å². The van der Waals surface area contributed by atoms with Gasteiger partial charge < -0.3 is 0 Å². The van der Waals surface area contributed by atoms with E-state index in [1.54, 1.807) is 16.7 Å². The quantitative estimate of drug-likeness (QED) is 0.411. The summed E-state index contributed by atoms with van der Waals surface area (Å²) < 4.78 is 24.5. The lowest BCUT2D eigenvalue weighted by Crippen LogP contribution is -2.25. The van der Waals surface area contributed by atoms with Gasteiger partial charge in [-0.3, -0.25) is 9.36 Å². The molecule has 9 heteroatoms. The minimum atomic E-state index is -3.46. The van der Waals surface area contributed by atoms with Gasteiger partial charge in [0.2, 0.25) is 10.0 Å². The molecule has 0 unspecified atom stereocenters. The molecule has 0 spiro atoms. The highest BCUT2D eigenvalue weighted by atomic mass is 79.9. The van der Waals surface area contributed by atoms with Crippen LogP contribution in [0.3, 0.4) is 0 Å². The Morgan fingerprint density at radius 3 is 2.71 bits per heavy atom. The van der Waals surface area contributed by atoms with Gasteiger partial charge in [0, 0.05) is 16.8 Å². The van der Waals surface area contributed by atoms with Crippen LogP contribution in [0, 0.1) is 5.92 Å². The van der Waals surface area contributed by atoms with Crippen LogP contribution in [-0.4, -0.2) is 29.5 Å². The summed E-state index contributed by atoms with van der Waals surface area (Å²) in [7, 11) is -3.46. The van der Waals surface area contributed by atoms with Crippen LogP contribution in [0.15, 0.2) is 32.6 Å². The first-order valence-corrected chi connectivity index (χ1v) is 11.0. The van der Waals surface area contributed by atoms with Gasteiger partial charge in [-0.1, -0.05) is 41.5 Å². The number of sulfonamides is 1. The molecule has 0 saturated heterocycles. The zero-order chi connectivity index (χ0) is 17.9. The Balaban J connectivity index is 2.36. The van der Waals surface area contributed by atoms with E-state index in [1.807, 2.05) is 19.9 Å². The number of aromatic nitrogens is 2. The van der Waals surface area contributed by atoms with Gasteiger partial charge >= 0.3 is 0 Å². The van der Waals surface area contributed by atoms with Crippen LogP contribution in [0.5, 0.6) is 0 Å². The van der Waals surface area contributed by atoms with Crippen molar-refractivity contribution in [3.63, 3.8) is 0 Å². The molecule has 0 radical (unpaired) electrons. The van der Waals surface area contributed by atoms with E-state index >= 15 is 0 Å². The zero-order valence-corrected chi connectivity index (χ0v) is 16.7. The van der Waals surface area contributed by atoms with E-state index < -0.39 is 10.0 Å². The van der Waals surface area contributed by atoms with Crippen molar-refractivity contribution in [2.45, 2.75) is 32.0 Å². The standard InChI is InChI=1S/C15H20BrN3O3S2/c1-10(2)9-19-14(20)12-8-11(16)4-5-13(12)18-15(19)23-6-3-7-24(17,21)22/h4-5,8,10H,3,6-7,9H2,1-2H3,(H2,17,21,22). The molecule has 1 aromatic heterocycles. The Kier molecular flexibility index (Phi) is 6.46. The number of halogens is 1. The number of benzene rings is 1. The second-order valence-corrected chi connectivity index (χ2v) is 9.65. The van der Waals surface area contributed by atoms with Gasteiger partial charge in [0.1, 0.15) is 0 Å². The minimum Gasteiger partial charge on any atom is -0.287 e. The molecule has 1 aromatic carbocycles. The Bertz CT molecular complexity index is 895. The number of primary sulfonamides is 1. The molecular weight excluding hydrogens is 414 g/mol. The number of nitrogens with zero attached hydrogens (tertiary/aromatic N) is 2. The van der Waals surface area contributed by atoms with E-state index in [-0.39, 0.29) is 17.2 Å². The highest BCUT2D eigenvalue weighted by Crippen LogP contribution is 2.21. The molecule has 0 amide bonds. The van der Waals surface area contributed by atoms with E-state index in [0.29, 0.717) is 34.8 Å². The van der Waals surface area contributed by atoms with Crippen LogP contribution in [-0.2, 0) is 16.6 Å². The van der Waals surface area contributed by atoms with Crippen molar-refractivity contribution in [2.24, 2.45) is 11.1 Å². The normalized spacial score (nSPS) is 12.2. The predicted molar refractivity (Wildman–Crippen MR) is 102 cm³/mol. The maximum absolute atomic E-state index is 12.8. The van der Waals surface area contributed by atoms with Crippen molar-refractivity contribution >= 4 is 48.6 Å². The van der Waals surface area contributed by atoms with Gasteiger partial charge in [-0.2, -0.15) is 0 Å². The van der Waals surface area contributed by atoms with Crippen LogP contribution in [0.4, 0.5) is 0 Å². The number of nitrogens with two attached hydrogens (primary N) is 1. The van der Waals surface area contributed by atoms with Gasteiger partial charge in [0.25, 0.3) is 5.56 Å². The number of hydrogen-bond acceptors (Lipinski definition) is 5. The van der Waals surface area contributed by atoms with Crippen LogP contribution in [0.25, 0.3) is 10.9 Å². The molecule has 0 bridgehead atoms. The Hall–Kier alpha value is -0.900. The van der Waals surface area contributed by atoms with Crippen LogP contribution in [0.1, 0.15) is 20.3 Å². The molecule has 132 valence electrons. The summed E-state index contributed by atoms with van der Waals surface area (Å²) in [6, 6.07) is 5.42.